The Hall–Kier alpha value is -2.18. The maximum Gasteiger partial charge on any atom is 0.223 e. The normalized spacial score (nSPS) is 24.7. The van der Waals surface area contributed by atoms with Crippen LogP contribution in [0.15, 0.2) is 34.9 Å². The van der Waals surface area contributed by atoms with Crippen molar-refractivity contribution in [1.29, 1.82) is 0 Å². The Morgan fingerprint density at radius 1 is 1.21 bits per heavy atom. The molecule has 2 aliphatic heterocycles. The number of rotatable bonds is 4. The molecule has 0 radical (unpaired) electrons. The molecule has 0 saturated carbocycles. The monoisotopic (exact) mass is 383 g/mol. The lowest BCUT2D eigenvalue weighted by atomic mass is 9.87. The van der Waals surface area contributed by atoms with Crippen molar-refractivity contribution in [2.24, 2.45) is 5.41 Å². The fourth-order valence-electron chi connectivity index (χ4n) is 4.56. The summed E-state index contributed by atoms with van der Waals surface area (Å²) in [7, 11) is 0. The molecular weight excluding hydrogens is 354 g/mol. The molecule has 150 valence electrons. The van der Waals surface area contributed by atoms with Gasteiger partial charge in [-0.05, 0) is 26.3 Å². The van der Waals surface area contributed by atoms with Crippen molar-refractivity contribution in [2.45, 2.75) is 39.8 Å². The van der Waals surface area contributed by atoms with Crippen LogP contribution in [0.4, 0.5) is 0 Å². The summed E-state index contributed by atoms with van der Waals surface area (Å²) in [6.45, 7) is 10.6. The van der Waals surface area contributed by atoms with Crippen molar-refractivity contribution in [1.82, 2.24) is 15.0 Å². The number of aromatic nitrogens is 1. The zero-order valence-corrected chi connectivity index (χ0v) is 17.0. The Morgan fingerprint density at radius 2 is 2.00 bits per heavy atom. The summed E-state index contributed by atoms with van der Waals surface area (Å²) in [5.74, 6) is 1.10. The highest BCUT2D eigenvalue weighted by atomic mass is 16.5. The van der Waals surface area contributed by atoms with Gasteiger partial charge >= 0.3 is 0 Å². The molecule has 0 N–H and O–H groups in total. The van der Waals surface area contributed by atoms with Crippen LogP contribution in [0.3, 0.4) is 0 Å². The van der Waals surface area contributed by atoms with E-state index in [0.29, 0.717) is 19.6 Å². The summed E-state index contributed by atoms with van der Waals surface area (Å²) in [6, 6.07) is 10.3. The molecular formula is C22H29N3O3. The first-order valence-corrected chi connectivity index (χ1v) is 10.0. The largest absolute Gasteiger partial charge is 0.379 e. The van der Waals surface area contributed by atoms with Crippen LogP contribution in [0.1, 0.15) is 42.0 Å². The summed E-state index contributed by atoms with van der Waals surface area (Å²) in [5.41, 5.74) is 3.11. The average molecular weight is 383 g/mol. The maximum atomic E-state index is 12.9. The number of hydrogen-bond acceptors (Lipinski definition) is 5. The fourth-order valence-corrected chi connectivity index (χ4v) is 4.56. The second kappa shape index (κ2) is 7.68. The van der Waals surface area contributed by atoms with Crippen LogP contribution in [0.2, 0.25) is 0 Å². The van der Waals surface area contributed by atoms with Gasteiger partial charge in [0.25, 0.3) is 0 Å². The number of nitrogens with zero attached hydrogens (tertiary/aromatic N) is 3. The molecule has 6 nitrogen and oxygen atoms in total. The van der Waals surface area contributed by atoms with Gasteiger partial charge in [0.05, 0.1) is 24.9 Å². The molecule has 4 rings (SSSR count). The van der Waals surface area contributed by atoms with Crippen molar-refractivity contribution in [3.8, 4) is 0 Å². The molecule has 2 aromatic rings. The lowest BCUT2D eigenvalue weighted by Gasteiger charge is -2.32. The van der Waals surface area contributed by atoms with E-state index in [1.54, 1.807) is 0 Å². The van der Waals surface area contributed by atoms with Crippen LogP contribution in [0, 0.1) is 19.3 Å². The van der Waals surface area contributed by atoms with Gasteiger partial charge in [0.1, 0.15) is 5.76 Å². The quantitative estimate of drug-likeness (QED) is 0.812. The van der Waals surface area contributed by atoms with Gasteiger partial charge in [-0.3, -0.25) is 9.69 Å². The average Bonchev–Trinajstić information content (AvgIpc) is 3.09. The third-order valence-corrected chi connectivity index (χ3v) is 6.18. The highest BCUT2D eigenvalue weighted by Crippen LogP contribution is 2.38. The zero-order valence-electron chi connectivity index (χ0n) is 17.0. The molecule has 2 fully saturated rings. The molecule has 1 amide bonds. The molecule has 1 aromatic carbocycles. The van der Waals surface area contributed by atoms with Crippen molar-refractivity contribution in [3.05, 3.63) is 52.9 Å². The number of benzene rings is 1. The minimum atomic E-state index is -0.157. The maximum absolute atomic E-state index is 12.9. The summed E-state index contributed by atoms with van der Waals surface area (Å²) < 4.78 is 11.3. The van der Waals surface area contributed by atoms with E-state index in [2.05, 4.69) is 29.1 Å². The number of carbonyl (C=O) groups excluding carboxylic acids is 1. The van der Waals surface area contributed by atoms with E-state index < -0.39 is 0 Å². The third kappa shape index (κ3) is 3.71. The van der Waals surface area contributed by atoms with Crippen LogP contribution in [0.25, 0.3) is 0 Å². The Balaban J connectivity index is 1.51. The summed E-state index contributed by atoms with van der Waals surface area (Å²) in [6.07, 6.45) is 0.544. The molecule has 2 saturated heterocycles. The van der Waals surface area contributed by atoms with Crippen molar-refractivity contribution < 1.29 is 14.1 Å². The first-order valence-electron chi connectivity index (χ1n) is 10.0. The second-order valence-corrected chi connectivity index (χ2v) is 8.35. The summed E-state index contributed by atoms with van der Waals surface area (Å²) in [4.78, 5) is 17.4. The highest BCUT2D eigenvalue weighted by Gasteiger charge is 2.47. The van der Waals surface area contributed by atoms with Crippen LogP contribution >= 0.6 is 0 Å². The van der Waals surface area contributed by atoms with Crippen LogP contribution < -0.4 is 0 Å². The first kappa shape index (κ1) is 19.2. The Bertz CT molecular complexity index is 815. The van der Waals surface area contributed by atoms with Crippen molar-refractivity contribution in [2.75, 3.05) is 32.8 Å². The molecule has 28 heavy (non-hydrogen) atoms. The van der Waals surface area contributed by atoms with E-state index in [-0.39, 0.29) is 17.4 Å². The molecule has 6 heteroatoms. The van der Waals surface area contributed by atoms with Crippen LogP contribution in [-0.4, -0.2) is 53.7 Å². The number of ether oxygens (including phenoxy) is 1. The minimum absolute atomic E-state index is 0.0762. The van der Waals surface area contributed by atoms with E-state index >= 15 is 0 Å². The summed E-state index contributed by atoms with van der Waals surface area (Å²) in [5, 5.41) is 4.08. The molecule has 0 aliphatic carbocycles. The number of amides is 1. The zero-order chi connectivity index (χ0) is 19.7. The topological polar surface area (TPSA) is 58.8 Å². The van der Waals surface area contributed by atoms with E-state index in [1.807, 2.05) is 36.9 Å². The molecule has 1 aromatic heterocycles. The SMILES string of the molecule is Cc1noc(C)c1CN1CCOCC2(CC(=O)N(C(C)c3ccccc3)C2)C1. The van der Waals surface area contributed by atoms with Gasteiger partial charge in [0.15, 0.2) is 0 Å². The molecule has 2 aliphatic rings. The summed E-state index contributed by atoms with van der Waals surface area (Å²) >= 11 is 0. The lowest BCUT2D eigenvalue weighted by molar-refractivity contribution is -0.129. The number of likely N-dealkylation sites (tertiary alicyclic amines) is 1. The molecule has 0 bridgehead atoms. The number of aryl methyl sites for hydroxylation is 2. The molecule has 2 atom stereocenters. The number of carbonyl (C=O) groups is 1. The van der Waals surface area contributed by atoms with Gasteiger partial charge in [-0.2, -0.15) is 0 Å². The Labute approximate surface area is 166 Å². The fraction of sp³-hybridized carbons (Fsp3) is 0.545. The predicted octanol–water partition coefficient (Wildman–Crippen LogP) is 3.10. The highest BCUT2D eigenvalue weighted by molar-refractivity contribution is 5.80. The van der Waals surface area contributed by atoms with E-state index in [1.165, 1.54) is 5.56 Å². The van der Waals surface area contributed by atoms with Gasteiger partial charge < -0.3 is 14.2 Å². The third-order valence-electron chi connectivity index (χ3n) is 6.18. The minimum Gasteiger partial charge on any atom is -0.379 e. The number of hydrogen-bond donors (Lipinski definition) is 0. The molecule has 3 heterocycles. The van der Waals surface area contributed by atoms with Gasteiger partial charge in [-0.25, -0.2) is 0 Å². The smallest absolute Gasteiger partial charge is 0.223 e. The lowest BCUT2D eigenvalue weighted by Crippen LogP contribution is -2.41. The second-order valence-electron chi connectivity index (χ2n) is 8.35. The van der Waals surface area contributed by atoms with E-state index in [4.69, 9.17) is 9.26 Å². The Kier molecular flexibility index (Phi) is 5.25. The van der Waals surface area contributed by atoms with Gasteiger partial charge in [0, 0.05) is 43.6 Å². The van der Waals surface area contributed by atoms with Gasteiger partial charge in [-0.15, -0.1) is 0 Å². The Morgan fingerprint density at radius 3 is 2.71 bits per heavy atom. The van der Waals surface area contributed by atoms with E-state index in [0.717, 1.165) is 43.2 Å². The van der Waals surface area contributed by atoms with Crippen LogP contribution in [0.5, 0.6) is 0 Å². The standard InChI is InChI=1S/C22H29N3O3/c1-16-20(18(3)28-23-16)12-24-9-10-27-15-22(13-24)11-21(26)25(14-22)17(2)19-7-5-4-6-8-19/h4-8,17H,9-15H2,1-3H3. The molecule has 1 spiro atoms. The predicted molar refractivity (Wildman–Crippen MR) is 106 cm³/mol. The van der Waals surface area contributed by atoms with Crippen molar-refractivity contribution >= 4 is 5.91 Å². The molecule has 2 unspecified atom stereocenters. The van der Waals surface area contributed by atoms with Crippen molar-refractivity contribution in [3.63, 3.8) is 0 Å². The van der Waals surface area contributed by atoms with Crippen LogP contribution in [-0.2, 0) is 16.1 Å². The van der Waals surface area contributed by atoms with Gasteiger partial charge in [-0.1, -0.05) is 35.5 Å². The first-order chi connectivity index (χ1) is 13.5. The van der Waals surface area contributed by atoms with E-state index in [9.17, 15) is 4.79 Å². The van der Waals surface area contributed by atoms with Gasteiger partial charge in [0.2, 0.25) is 5.91 Å².